The Morgan fingerprint density at radius 1 is 1.30 bits per heavy atom. The van der Waals surface area contributed by atoms with Gasteiger partial charge in [-0.3, -0.25) is 9.67 Å². The molecule has 8 heteroatoms. The molecule has 0 spiro atoms. The van der Waals surface area contributed by atoms with E-state index in [2.05, 4.69) is 10.2 Å². The largest absolute Gasteiger partial charge is 0.496 e. The predicted octanol–water partition coefficient (Wildman–Crippen LogP) is 5.34. The molecule has 1 saturated heterocycles. The smallest absolute Gasteiger partial charge is 0.195 e. The molecule has 0 bridgehead atoms. The van der Waals surface area contributed by atoms with E-state index in [4.69, 9.17) is 38.0 Å². The van der Waals surface area contributed by atoms with E-state index in [-0.39, 0.29) is 6.10 Å². The number of hydrogen-bond donors (Lipinski definition) is 1. The van der Waals surface area contributed by atoms with Gasteiger partial charge in [0.15, 0.2) is 10.6 Å². The molecule has 1 aliphatic rings. The topological polar surface area (TPSA) is 61.3 Å². The highest BCUT2D eigenvalue weighted by Gasteiger charge is 2.20. The van der Waals surface area contributed by atoms with Gasteiger partial charge in [-0.05, 0) is 73.9 Å². The van der Waals surface area contributed by atoms with Crippen molar-refractivity contribution in [2.24, 2.45) is 0 Å². The number of rotatable bonds is 7. The van der Waals surface area contributed by atoms with Crippen molar-refractivity contribution in [1.82, 2.24) is 14.8 Å². The van der Waals surface area contributed by atoms with Crippen molar-refractivity contribution in [3.05, 3.63) is 57.3 Å². The van der Waals surface area contributed by atoms with Gasteiger partial charge in [-0.1, -0.05) is 11.6 Å². The van der Waals surface area contributed by atoms with Crippen LogP contribution < -0.4 is 9.47 Å². The van der Waals surface area contributed by atoms with Crippen LogP contribution in [0.2, 0.25) is 5.02 Å². The van der Waals surface area contributed by atoms with Crippen LogP contribution in [0.15, 0.2) is 36.4 Å². The maximum atomic E-state index is 6.11. The first-order valence-corrected chi connectivity index (χ1v) is 10.7. The van der Waals surface area contributed by atoms with Gasteiger partial charge in [-0.2, -0.15) is 5.10 Å². The Hall–Kier alpha value is -2.35. The molecule has 1 aliphatic heterocycles. The van der Waals surface area contributed by atoms with E-state index in [1.54, 1.807) is 7.11 Å². The number of H-pyrrole nitrogens is 1. The summed E-state index contributed by atoms with van der Waals surface area (Å²) >= 11 is 11.6. The van der Waals surface area contributed by atoms with Crippen molar-refractivity contribution in [2.75, 3.05) is 13.7 Å². The Balaban J connectivity index is 1.59. The van der Waals surface area contributed by atoms with Crippen LogP contribution in [0.1, 0.15) is 24.0 Å². The zero-order valence-corrected chi connectivity index (χ0v) is 18.6. The van der Waals surface area contributed by atoms with Crippen LogP contribution in [0.3, 0.4) is 0 Å². The molecule has 4 rings (SSSR count). The SMILES string of the molecule is COc1ccc(-c2n[nH]c(=S)n2CC2CCCO2)cc1COc1ccc(Cl)c(C)c1. The second-order valence-corrected chi connectivity index (χ2v) is 8.12. The number of methoxy groups -OCH3 is 1. The van der Waals surface area contributed by atoms with Crippen molar-refractivity contribution >= 4 is 23.8 Å². The molecule has 158 valence electrons. The summed E-state index contributed by atoms with van der Waals surface area (Å²) in [5.41, 5.74) is 2.83. The van der Waals surface area contributed by atoms with Crippen LogP contribution in [0.4, 0.5) is 0 Å². The minimum atomic E-state index is 0.169. The third-order valence-electron chi connectivity index (χ3n) is 5.23. The highest BCUT2D eigenvalue weighted by molar-refractivity contribution is 7.71. The minimum Gasteiger partial charge on any atom is -0.496 e. The van der Waals surface area contributed by atoms with E-state index in [1.807, 2.05) is 47.9 Å². The number of nitrogens with zero attached hydrogens (tertiary/aromatic N) is 2. The Morgan fingerprint density at radius 3 is 2.90 bits per heavy atom. The van der Waals surface area contributed by atoms with E-state index < -0.39 is 0 Å². The second kappa shape index (κ2) is 9.20. The van der Waals surface area contributed by atoms with Crippen LogP contribution in [0.5, 0.6) is 11.5 Å². The van der Waals surface area contributed by atoms with Gasteiger partial charge in [0.05, 0.1) is 19.8 Å². The van der Waals surface area contributed by atoms with Crippen LogP contribution in [-0.2, 0) is 17.9 Å². The van der Waals surface area contributed by atoms with E-state index in [0.29, 0.717) is 17.9 Å². The van der Waals surface area contributed by atoms with Crippen molar-refractivity contribution in [2.45, 2.75) is 39.0 Å². The Kier molecular flexibility index (Phi) is 6.41. The Bertz CT molecular complexity index is 1090. The summed E-state index contributed by atoms with van der Waals surface area (Å²) < 4.78 is 19.9. The number of ether oxygens (including phenoxy) is 3. The number of aryl methyl sites for hydroxylation is 1. The van der Waals surface area contributed by atoms with Gasteiger partial charge in [0.1, 0.15) is 18.1 Å². The van der Waals surface area contributed by atoms with Crippen molar-refractivity contribution in [3.8, 4) is 22.9 Å². The van der Waals surface area contributed by atoms with Crippen molar-refractivity contribution in [1.29, 1.82) is 0 Å². The molecule has 2 heterocycles. The molecular weight excluding hydrogens is 422 g/mol. The lowest BCUT2D eigenvalue weighted by atomic mass is 10.1. The van der Waals surface area contributed by atoms with E-state index in [0.717, 1.165) is 58.5 Å². The average molecular weight is 446 g/mol. The molecule has 1 atom stereocenters. The highest BCUT2D eigenvalue weighted by atomic mass is 35.5. The molecule has 0 aliphatic carbocycles. The van der Waals surface area contributed by atoms with Gasteiger partial charge >= 0.3 is 0 Å². The summed E-state index contributed by atoms with van der Waals surface area (Å²) in [6.07, 6.45) is 2.29. The van der Waals surface area contributed by atoms with Gasteiger partial charge in [-0.15, -0.1) is 0 Å². The van der Waals surface area contributed by atoms with Crippen molar-refractivity contribution in [3.63, 3.8) is 0 Å². The number of hydrogen-bond acceptors (Lipinski definition) is 5. The van der Waals surface area contributed by atoms with Crippen LogP contribution in [0.25, 0.3) is 11.4 Å². The first-order valence-electron chi connectivity index (χ1n) is 9.88. The van der Waals surface area contributed by atoms with Crippen molar-refractivity contribution < 1.29 is 14.2 Å². The number of benzene rings is 2. The maximum absolute atomic E-state index is 6.11. The average Bonchev–Trinajstić information content (AvgIpc) is 3.39. The van der Waals surface area contributed by atoms with Gasteiger partial charge < -0.3 is 14.2 Å². The molecular formula is C22H24ClN3O3S. The fourth-order valence-corrected chi connectivity index (χ4v) is 3.92. The fourth-order valence-electron chi connectivity index (χ4n) is 3.60. The number of halogens is 1. The molecule has 30 heavy (non-hydrogen) atoms. The van der Waals surface area contributed by atoms with Crippen LogP contribution >= 0.6 is 23.8 Å². The van der Waals surface area contributed by atoms with Gasteiger partial charge in [-0.25, -0.2) is 0 Å². The van der Waals surface area contributed by atoms with Crippen LogP contribution in [-0.4, -0.2) is 34.6 Å². The zero-order valence-electron chi connectivity index (χ0n) is 17.0. The summed E-state index contributed by atoms with van der Waals surface area (Å²) in [6, 6.07) is 11.5. The molecule has 1 aromatic heterocycles. The number of nitrogens with one attached hydrogen (secondary N) is 1. The molecule has 0 radical (unpaired) electrons. The van der Waals surface area contributed by atoms with E-state index in [9.17, 15) is 0 Å². The van der Waals surface area contributed by atoms with Gasteiger partial charge in [0.25, 0.3) is 0 Å². The number of aromatic nitrogens is 3. The predicted molar refractivity (Wildman–Crippen MR) is 119 cm³/mol. The van der Waals surface area contributed by atoms with Gasteiger partial charge in [0, 0.05) is 22.8 Å². The summed E-state index contributed by atoms with van der Waals surface area (Å²) in [4.78, 5) is 0. The highest BCUT2D eigenvalue weighted by Crippen LogP contribution is 2.29. The molecule has 2 aromatic carbocycles. The lowest BCUT2D eigenvalue weighted by Crippen LogP contribution is -2.16. The first kappa shape index (κ1) is 20.9. The maximum Gasteiger partial charge on any atom is 0.195 e. The Labute approximate surface area is 185 Å². The van der Waals surface area contributed by atoms with Gasteiger partial charge in [0.2, 0.25) is 0 Å². The lowest BCUT2D eigenvalue weighted by Gasteiger charge is -2.15. The van der Waals surface area contributed by atoms with E-state index >= 15 is 0 Å². The summed E-state index contributed by atoms with van der Waals surface area (Å²) in [5.74, 6) is 2.29. The zero-order chi connectivity index (χ0) is 21.1. The molecule has 1 fully saturated rings. The molecule has 3 aromatic rings. The number of aromatic amines is 1. The third-order valence-corrected chi connectivity index (χ3v) is 5.97. The lowest BCUT2D eigenvalue weighted by molar-refractivity contribution is 0.0970. The third kappa shape index (κ3) is 4.53. The molecule has 1 unspecified atom stereocenters. The molecule has 6 nitrogen and oxygen atoms in total. The van der Waals surface area contributed by atoms with E-state index in [1.165, 1.54) is 0 Å². The summed E-state index contributed by atoms with van der Waals surface area (Å²) in [7, 11) is 1.65. The summed E-state index contributed by atoms with van der Waals surface area (Å²) in [5, 5.41) is 8.09. The molecule has 1 N–H and O–H groups in total. The quantitative estimate of drug-likeness (QED) is 0.497. The monoisotopic (exact) mass is 445 g/mol. The second-order valence-electron chi connectivity index (χ2n) is 7.32. The first-order chi connectivity index (χ1) is 14.5. The fraction of sp³-hybridized carbons (Fsp3) is 0.364. The summed E-state index contributed by atoms with van der Waals surface area (Å²) in [6.45, 7) is 3.80. The molecule has 0 amide bonds. The Morgan fingerprint density at radius 2 is 2.17 bits per heavy atom. The standard InChI is InChI=1S/C22H24ClN3O3S/c1-14-10-17(6-7-19(14)23)29-13-16-11-15(5-8-20(16)27-2)21-24-25-22(30)26(21)12-18-4-3-9-28-18/h5-8,10-11,18H,3-4,9,12-13H2,1-2H3,(H,25,30). The van der Waals surface area contributed by atoms with Crippen LogP contribution in [0, 0.1) is 11.7 Å². The molecule has 0 saturated carbocycles. The normalized spacial score (nSPS) is 16.0. The minimum absolute atomic E-state index is 0.169.